The van der Waals surface area contributed by atoms with Crippen molar-refractivity contribution in [2.24, 2.45) is 0 Å². The summed E-state index contributed by atoms with van der Waals surface area (Å²) in [5.41, 5.74) is 2.33. The highest BCUT2D eigenvalue weighted by Gasteiger charge is 2.30. The minimum Gasteiger partial charge on any atom is -0.387 e. The normalized spacial score (nSPS) is 13.3. The van der Waals surface area contributed by atoms with E-state index in [-0.39, 0.29) is 0 Å². The van der Waals surface area contributed by atoms with Crippen LogP contribution in [0.3, 0.4) is 0 Å². The van der Waals surface area contributed by atoms with E-state index in [0.29, 0.717) is 5.56 Å². The maximum absolute atomic E-state index is 12.8. The molecule has 1 unspecified atom stereocenters. The number of aliphatic hydroxyl groups excluding tert-OH is 1. The van der Waals surface area contributed by atoms with Gasteiger partial charge in [-0.15, -0.1) is 0 Å². The van der Waals surface area contributed by atoms with Crippen LogP contribution in [0.5, 0.6) is 0 Å². The van der Waals surface area contributed by atoms with Crippen LogP contribution in [-0.4, -0.2) is 5.11 Å². The average Bonchev–Trinajstić information content (AvgIpc) is 2.69. The number of rotatable bonds is 3. The Labute approximate surface area is 162 Å². The first kappa shape index (κ1) is 19.7. The molecule has 1 nitrogen and oxygen atoms in total. The molecule has 0 aliphatic heterocycles. The molecule has 0 aliphatic rings. The minimum atomic E-state index is -4.41. The van der Waals surface area contributed by atoms with Gasteiger partial charge in [-0.05, 0) is 42.3 Å². The second-order valence-corrected chi connectivity index (χ2v) is 6.59. The third-order valence-electron chi connectivity index (χ3n) is 4.48. The van der Waals surface area contributed by atoms with E-state index in [1.807, 2.05) is 61.5 Å². The Kier molecular flexibility index (Phi) is 5.87. The first-order valence-electron chi connectivity index (χ1n) is 8.83. The molecule has 3 aromatic carbocycles. The molecule has 0 spiro atoms. The van der Waals surface area contributed by atoms with E-state index < -0.39 is 23.8 Å². The Morgan fingerprint density at radius 1 is 0.786 bits per heavy atom. The molecule has 2 atom stereocenters. The zero-order valence-corrected chi connectivity index (χ0v) is 15.2. The summed E-state index contributed by atoms with van der Waals surface area (Å²) in [6, 6.07) is 21.5. The van der Waals surface area contributed by atoms with Crippen LogP contribution in [0, 0.1) is 18.8 Å². The summed E-state index contributed by atoms with van der Waals surface area (Å²) in [4.78, 5) is 0. The van der Waals surface area contributed by atoms with Crippen LogP contribution in [0.25, 0.3) is 0 Å². The number of alkyl halides is 3. The van der Waals surface area contributed by atoms with Crippen molar-refractivity contribution in [2.75, 3.05) is 0 Å². The van der Waals surface area contributed by atoms with Crippen LogP contribution in [0.2, 0.25) is 0 Å². The van der Waals surface area contributed by atoms with Gasteiger partial charge in [-0.3, -0.25) is 0 Å². The Hall–Kier alpha value is -3.03. The lowest BCUT2D eigenvalue weighted by atomic mass is 9.88. The van der Waals surface area contributed by atoms with Gasteiger partial charge in [0.05, 0.1) is 17.6 Å². The highest BCUT2D eigenvalue weighted by atomic mass is 19.4. The molecular weight excluding hydrogens is 361 g/mol. The number of hydrogen-bond acceptors (Lipinski definition) is 1. The van der Waals surface area contributed by atoms with Crippen molar-refractivity contribution in [3.8, 4) is 11.8 Å². The summed E-state index contributed by atoms with van der Waals surface area (Å²) in [5, 5.41) is 10.9. The van der Waals surface area contributed by atoms with Crippen LogP contribution in [0.4, 0.5) is 13.2 Å². The fraction of sp³-hybridized carbons (Fsp3) is 0.167. The summed E-state index contributed by atoms with van der Waals surface area (Å²) < 4.78 is 38.4. The second kappa shape index (κ2) is 8.33. The van der Waals surface area contributed by atoms with E-state index >= 15 is 0 Å². The molecule has 0 aromatic heterocycles. The molecule has 0 aliphatic carbocycles. The van der Waals surface area contributed by atoms with Crippen LogP contribution < -0.4 is 0 Å². The van der Waals surface area contributed by atoms with E-state index in [0.717, 1.165) is 28.8 Å². The van der Waals surface area contributed by atoms with Gasteiger partial charge in [0.1, 0.15) is 0 Å². The summed E-state index contributed by atoms with van der Waals surface area (Å²) in [7, 11) is 0. The average molecular weight is 380 g/mol. The van der Waals surface area contributed by atoms with Crippen LogP contribution in [0.15, 0.2) is 78.9 Å². The number of aryl methyl sites for hydroxylation is 1. The molecule has 28 heavy (non-hydrogen) atoms. The molecule has 3 rings (SSSR count). The molecule has 0 fully saturated rings. The molecule has 1 N–H and O–H groups in total. The molecule has 0 radical (unpaired) electrons. The van der Waals surface area contributed by atoms with Crippen molar-refractivity contribution in [2.45, 2.75) is 25.1 Å². The van der Waals surface area contributed by atoms with E-state index in [1.165, 1.54) is 12.1 Å². The lowest BCUT2D eigenvalue weighted by Crippen LogP contribution is -2.11. The summed E-state index contributed by atoms with van der Waals surface area (Å²) in [5.74, 6) is 5.58. The number of benzene rings is 3. The zero-order valence-electron chi connectivity index (χ0n) is 15.2. The van der Waals surface area contributed by atoms with Crippen LogP contribution >= 0.6 is 0 Å². The van der Waals surface area contributed by atoms with Gasteiger partial charge in [0.2, 0.25) is 0 Å². The van der Waals surface area contributed by atoms with Crippen molar-refractivity contribution >= 4 is 0 Å². The Morgan fingerprint density at radius 2 is 1.36 bits per heavy atom. The Bertz CT molecular complexity index is 963. The van der Waals surface area contributed by atoms with Crippen molar-refractivity contribution in [3.63, 3.8) is 0 Å². The molecule has 3 aromatic rings. The minimum absolute atomic E-state index is 0.390. The maximum atomic E-state index is 12.8. The number of halogens is 3. The summed E-state index contributed by atoms with van der Waals surface area (Å²) >= 11 is 0. The molecular formula is C24H19F3O. The van der Waals surface area contributed by atoms with Crippen LogP contribution in [-0.2, 0) is 6.18 Å². The van der Waals surface area contributed by atoms with Gasteiger partial charge in [-0.2, -0.15) is 13.2 Å². The Morgan fingerprint density at radius 3 is 1.93 bits per heavy atom. The molecule has 4 heteroatoms. The van der Waals surface area contributed by atoms with Gasteiger partial charge < -0.3 is 5.11 Å². The van der Waals surface area contributed by atoms with Gasteiger partial charge in [0.25, 0.3) is 0 Å². The van der Waals surface area contributed by atoms with Gasteiger partial charge in [0, 0.05) is 5.56 Å². The SMILES string of the molecule is Cc1ccc(C(C#Cc2ccccc2)[C@@H](O)c2ccc(C(F)(F)F)cc2)cc1. The molecule has 142 valence electrons. The topological polar surface area (TPSA) is 20.2 Å². The zero-order chi connectivity index (χ0) is 20.1. The molecule has 0 saturated heterocycles. The van der Waals surface area contributed by atoms with Crippen molar-refractivity contribution in [1.29, 1.82) is 0 Å². The molecule has 0 amide bonds. The van der Waals surface area contributed by atoms with E-state index in [2.05, 4.69) is 11.8 Å². The standard InChI is InChI=1S/C24H19F3O/c1-17-7-10-19(11-8-17)22(16-9-18-5-3-2-4-6-18)23(28)20-12-14-21(15-13-20)24(25,26)27/h2-8,10-15,22-23,28H,1H3/t22?,23-/m0/s1. The van der Waals surface area contributed by atoms with Crippen LogP contribution in [0.1, 0.15) is 39.8 Å². The fourth-order valence-electron chi connectivity index (χ4n) is 2.86. The summed E-state index contributed by atoms with van der Waals surface area (Å²) in [6.45, 7) is 1.96. The first-order valence-corrected chi connectivity index (χ1v) is 8.83. The maximum Gasteiger partial charge on any atom is 0.416 e. The molecule has 0 heterocycles. The lowest BCUT2D eigenvalue weighted by molar-refractivity contribution is -0.137. The van der Waals surface area contributed by atoms with Gasteiger partial charge in [-0.25, -0.2) is 0 Å². The second-order valence-electron chi connectivity index (χ2n) is 6.59. The monoisotopic (exact) mass is 380 g/mol. The van der Waals surface area contributed by atoms with Crippen molar-refractivity contribution in [3.05, 3.63) is 107 Å². The Balaban J connectivity index is 1.96. The number of hydrogen-bond donors (Lipinski definition) is 1. The summed E-state index contributed by atoms with van der Waals surface area (Å²) in [6.07, 6.45) is -5.46. The third-order valence-corrected chi connectivity index (χ3v) is 4.48. The quantitative estimate of drug-likeness (QED) is 0.563. The smallest absolute Gasteiger partial charge is 0.387 e. The van der Waals surface area contributed by atoms with Gasteiger partial charge in [-0.1, -0.05) is 72.0 Å². The van der Waals surface area contributed by atoms with Crippen molar-refractivity contribution < 1.29 is 18.3 Å². The highest BCUT2D eigenvalue weighted by Crippen LogP contribution is 2.34. The van der Waals surface area contributed by atoms with Crippen molar-refractivity contribution in [1.82, 2.24) is 0 Å². The molecule has 0 saturated carbocycles. The fourth-order valence-corrected chi connectivity index (χ4v) is 2.86. The largest absolute Gasteiger partial charge is 0.416 e. The van der Waals surface area contributed by atoms with Gasteiger partial charge >= 0.3 is 6.18 Å². The first-order chi connectivity index (χ1) is 13.3. The highest BCUT2D eigenvalue weighted by molar-refractivity contribution is 5.41. The lowest BCUT2D eigenvalue weighted by Gasteiger charge is -2.20. The predicted molar refractivity (Wildman–Crippen MR) is 104 cm³/mol. The van der Waals surface area contributed by atoms with E-state index in [1.54, 1.807) is 0 Å². The van der Waals surface area contributed by atoms with E-state index in [9.17, 15) is 18.3 Å². The molecule has 0 bridgehead atoms. The third kappa shape index (κ3) is 4.82. The van der Waals surface area contributed by atoms with E-state index in [4.69, 9.17) is 0 Å². The number of aliphatic hydroxyl groups is 1. The predicted octanol–water partition coefficient (Wildman–Crippen LogP) is 5.88. The van der Waals surface area contributed by atoms with Gasteiger partial charge in [0.15, 0.2) is 0 Å².